The van der Waals surface area contributed by atoms with Gasteiger partial charge in [-0.3, -0.25) is 4.79 Å². The van der Waals surface area contributed by atoms with E-state index in [0.29, 0.717) is 5.78 Å². The van der Waals surface area contributed by atoms with E-state index >= 15 is 0 Å². The molecule has 0 bridgehead atoms. The van der Waals surface area contributed by atoms with Crippen molar-refractivity contribution in [3.05, 3.63) is 0 Å². The Balaban J connectivity index is 3.72. The van der Waals surface area contributed by atoms with E-state index in [9.17, 15) is 4.79 Å². The molecule has 2 N–H and O–H groups in total. The molecule has 0 spiro atoms. The van der Waals surface area contributed by atoms with E-state index in [1.165, 1.54) is 0 Å². The lowest BCUT2D eigenvalue weighted by atomic mass is 9.99. The number of hydrogen-bond donors (Lipinski definition) is 1. The zero-order valence-electron chi connectivity index (χ0n) is 8.33. The van der Waals surface area contributed by atoms with Crippen LogP contribution in [0.15, 0.2) is 0 Å². The highest BCUT2D eigenvalue weighted by atomic mass is 32.2. The van der Waals surface area contributed by atoms with Crippen LogP contribution in [0, 0.1) is 11.8 Å². The van der Waals surface area contributed by atoms with Crippen LogP contribution in [0.2, 0.25) is 0 Å². The average Bonchev–Trinajstić information content (AvgIpc) is 1.98. The number of carbonyl (C=O) groups is 1. The minimum atomic E-state index is 0.132. The molecule has 0 unspecified atom stereocenters. The van der Waals surface area contributed by atoms with E-state index < -0.39 is 0 Å². The number of nitrogens with two attached hydrogens (primary N) is 1. The minimum Gasteiger partial charge on any atom is -0.320 e. The first-order valence-corrected chi connectivity index (χ1v) is 5.41. The molecule has 0 fully saturated rings. The zero-order valence-corrected chi connectivity index (χ0v) is 9.15. The first kappa shape index (κ1) is 12.0. The second-order valence-corrected chi connectivity index (χ2v) is 4.91. The van der Waals surface area contributed by atoms with E-state index in [2.05, 4.69) is 0 Å². The lowest BCUT2D eigenvalue weighted by Gasteiger charge is -2.13. The van der Waals surface area contributed by atoms with Crippen molar-refractivity contribution >= 4 is 17.5 Å². The quantitative estimate of drug-likeness (QED) is 0.672. The van der Waals surface area contributed by atoms with Crippen LogP contribution in [-0.2, 0) is 4.79 Å². The van der Waals surface area contributed by atoms with E-state index in [0.717, 1.165) is 5.75 Å². The van der Waals surface area contributed by atoms with Gasteiger partial charge in [-0.05, 0) is 6.92 Å². The van der Waals surface area contributed by atoms with E-state index in [1.807, 2.05) is 27.7 Å². The number of rotatable bonds is 5. The van der Waals surface area contributed by atoms with Gasteiger partial charge in [-0.25, -0.2) is 0 Å². The molecule has 0 saturated carbocycles. The van der Waals surface area contributed by atoms with Gasteiger partial charge in [0.1, 0.15) is 5.78 Å². The molecule has 0 radical (unpaired) electrons. The molecule has 0 amide bonds. The standard InChI is InChI=1S/C9H19NOS/c1-6(2)9(11)7(3)5-12-8(4)10/h6-8H,5,10H2,1-4H3/t7-,8-/m1/s1. The molecule has 2 nitrogen and oxygen atoms in total. The third-order valence-corrected chi connectivity index (χ3v) is 2.88. The maximum atomic E-state index is 11.4. The Morgan fingerprint density at radius 2 is 1.83 bits per heavy atom. The van der Waals surface area contributed by atoms with Gasteiger partial charge >= 0.3 is 0 Å². The summed E-state index contributed by atoms with van der Waals surface area (Å²) < 4.78 is 0. The molecule has 2 atom stereocenters. The van der Waals surface area contributed by atoms with Crippen molar-refractivity contribution in [2.24, 2.45) is 17.6 Å². The lowest BCUT2D eigenvalue weighted by molar-refractivity contribution is -0.124. The Kier molecular flexibility index (Phi) is 5.59. The van der Waals surface area contributed by atoms with Crippen LogP contribution in [0.4, 0.5) is 0 Å². The topological polar surface area (TPSA) is 43.1 Å². The normalized spacial score (nSPS) is 16.2. The molecule has 0 aliphatic rings. The Hall–Kier alpha value is -0.0200. The third-order valence-electron chi connectivity index (χ3n) is 1.66. The van der Waals surface area contributed by atoms with Crippen molar-refractivity contribution in [1.82, 2.24) is 0 Å². The number of hydrogen-bond acceptors (Lipinski definition) is 3. The van der Waals surface area contributed by atoms with Crippen molar-refractivity contribution in [3.8, 4) is 0 Å². The molecule has 0 aliphatic carbocycles. The summed E-state index contributed by atoms with van der Waals surface area (Å²) in [5.41, 5.74) is 5.57. The maximum absolute atomic E-state index is 11.4. The van der Waals surface area contributed by atoms with Crippen LogP contribution in [0.5, 0.6) is 0 Å². The maximum Gasteiger partial charge on any atom is 0.139 e. The summed E-state index contributed by atoms with van der Waals surface area (Å²) in [4.78, 5) is 11.4. The molecular weight excluding hydrogens is 170 g/mol. The number of carbonyl (C=O) groups excluding carboxylic acids is 1. The number of ketones is 1. The summed E-state index contributed by atoms with van der Waals surface area (Å²) in [6.45, 7) is 7.79. The molecule has 0 heterocycles. The molecule has 0 aliphatic heterocycles. The predicted octanol–water partition coefficient (Wildman–Crippen LogP) is 1.89. The molecule has 0 aromatic carbocycles. The Bertz CT molecular complexity index is 145. The summed E-state index contributed by atoms with van der Waals surface area (Å²) in [5, 5.41) is 0.132. The summed E-state index contributed by atoms with van der Waals surface area (Å²) >= 11 is 1.64. The lowest BCUT2D eigenvalue weighted by Crippen LogP contribution is -2.21. The zero-order chi connectivity index (χ0) is 9.72. The van der Waals surface area contributed by atoms with E-state index in [1.54, 1.807) is 11.8 Å². The highest BCUT2D eigenvalue weighted by molar-refractivity contribution is 7.99. The van der Waals surface area contributed by atoms with E-state index in [4.69, 9.17) is 5.73 Å². The fourth-order valence-electron chi connectivity index (χ4n) is 0.947. The molecule has 0 aromatic rings. The summed E-state index contributed by atoms with van der Waals surface area (Å²) in [7, 11) is 0. The molecule has 3 heteroatoms. The summed E-state index contributed by atoms with van der Waals surface area (Å²) in [6.07, 6.45) is 0. The molecule has 0 aromatic heterocycles. The van der Waals surface area contributed by atoms with Gasteiger partial charge in [0, 0.05) is 23.0 Å². The van der Waals surface area contributed by atoms with Crippen molar-refractivity contribution < 1.29 is 4.79 Å². The molecule has 12 heavy (non-hydrogen) atoms. The summed E-state index contributed by atoms with van der Waals surface area (Å²) in [5.74, 6) is 1.46. The molecular formula is C9H19NOS. The van der Waals surface area contributed by atoms with Crippen molar-refractivity contribution in [1.29, 1.82) is 0 Å². The van der Waals surface area contributed by atoms with Crippen LogP contribution >= 0.6 is 11.8 Å². The highest BCUT2D eigenvalue weighted by Gasteiger charge is 2.16. The second kappa shape index (κ2) is 5.60. The van der Waals surface area contributed by atoms with E-state index in [-0.39, 0.29) is 17.2 Å². The average molecular weight is 189 g/mol. The fourth-order valence-corrected chi connectivity index (χ4v) is 1.70. The second-order valence-electron chi connectivity index (χ2n) is 3.50. The first-order chi connectivity index (χ1) is 5.45. The minimum absolute atomic E-state index is 0.132. The van der Waals surface area contributed by atoms with Crippen LogP contribution in [-0.4, -0.2) is 16.9 Å². The SMILES string of the molecule is CC(C)C(=O)[C@H](C)CS[C@H](C)N. The van der Waals surface area contributed by atoms with Gasteiger partial charge < -0.3 is 5.73 Å². The van der Waals surface area contributed by atoms with Gasteiger partial charge in [-0.15, -0.1) is 11.8 Å². The van der Waals surface area contributed by atoms with Crippen molar-refractivity contribution in [2.45, 2.75) is 33.1 Å². The monoisotopic (exact) mass is 189 g/mol. The largest absolute Gasteiger partial charge is 0.320 e. The van der Waals surface area contributed by atoms with Gasteiger partial charge in [0.2, 0.25) is 0 Å². The molecule has 72 valence electrons. The number of thioether (sulfide) groups is 1. The van der Waals surface area contributed by atoms with Crippen LogP contribution < -0.4 is 5.73 Å². The Labute approximate surface area is 79.3 Å². The predicted molar refractivity (Wildman–Crippen MR) is 55.1 cm³/mol. The van der Waals surface area contributed by atoms with Gasteiger partial charge in [0.15, 0.2) is 0 Å². The van der Waals surface area contributed by atoms with Gasteiger partial charge in [-0.1, -0.05) is 20.8 Å². The van der Waals surface area contributed by atoms with Crippen LogP contribution in [0.1, 0.15) is 27.7 Å². The fraction of sp³-hybridized carbons (Fsp3) is 0.889. The van der Waals surface area contributed by atoms with Crippen molar-refractivity contribution in [3.63, 3.8) is 0 Å². The van der Waals surface area contributed by atoms with Crippen LogP contribution in [0.3, 0.4) is 0 Å². The highest BCUT2D eigenvalue weighted by Crippen LogP contribution is 2.14. The Morgan fingerprint density at radius 3 is 2.17 bits per heavy atom. The smallest absolute Gasteiger partial charge is 0.139 e. The molecule has 0 rings (SSSR count). The third kappa shape index (κ3) is 4.78. The molecule has 0 saturated heterocycles. The number of Topliss-reactive ketones (excluding diaryl/α,β-unsaturated/α-hetero) is 1. The van der Waals surface area contributed by atoms with Gasteiger partial charge in [0.25, 0.3) is 0 Å². The summed E-state index contributed by atoms with van der Waals surface area (Å²) in [6, 6.07) is 0. The van der Waals surface area contributed by atoms with Crippen LogP contribution in [0.25, 0.3) is 0 Å². The Morgan fingerprint density at radius 1 is 1.33 bits per heavy atom. The first-order valence-electron chi connectivity index (χ1n) is 4.36. The van der Waals surface area contributed by atoms with Gasteiger partial charge in [-0.2, -0.15) is 0 Å². The van der Waals surface area contributed by atoms with Crippen molar-refractivity contribution in [2.75, 3.05) is 5.75 Å². The van der Waals surface area contributed by atoms with Gasteiger partial charge in [0.05, 0.1) is 0 Å².